The van der Waals surface area contributed by atoms with Gasteiger partial charge >= 0.3 is 0 Å². The summed E-state index contributed by atoms with van der Waals surface area (Å²) in [7, 11) is 1.80. The Kier molecular flexibility index (Phi) is 3.81. The highest BCUT2D eigenvalue weighted by Gasteiger charge is 2.29. The molecule has 2 rings (SSSR count). The van der Waals surface area contributed by atoms with Crippen molar-refractivity contribution in [1.29, 1.82) is 0 Å². The highest BCUT2D eigenvalue weighted by Crippen LogP contribution is 2.27. The number of likely N-dealkylation sites (N-methyl/N-ethyl adjacent to an activating group) is 1. The average Bonchev–Trinajstić information content (AvgIpc) is 2.30. The van der Waals surface area contributed by atoms with E-state index in [1.165, 1.54) is 0 Å². The van der Waals surface area contributed by atoms with Crippen LogP contribution in [0, 0.1) is 5.92 Å². The molecule has 1 fully saturated rings. The topological polar surface area (TPSA) is 79.5 Å². The number of aliphatic hydroxyl groups is 1. The van der Waals surface area contributed by atoms with Crippen molar-refractivity contribution in [3.05, 3.63) is 24.0 Å². The third-order valence-corrected chi connectivity index (χ3v) is 3.35. The van der Waals surface area contributed by atoms with Crippen LogP contribution in [0.3, 0.4) is 0 Å². The molecule has 1 aliphatic carbocycles. The van der Waals surface area contributed by atoms with Crippen molar-refractivity contribution in [3.8, 4) is 0 Å². The maximum Gasteiger partial charge on any atom is 0.228 e. The van der Waals surface area contributed by atoms with E-state index in [-0.39, 0.29) is 12.0 Å². The van der Waals surface area contributed by atoms with E-state index in [1.54, 1.807) is 30.3 Å². The van der Waals surface area contributed by atoms with Gasteiger partial charge in [-0.05, 0) is 30.9 Å². The molecule has 1 saturated carbocycles. The zero-order valence-corrected chi connectivity index (χ0v) is 10.5. The van der Waals surface area contributed by atoms with Crippen LogP contribution in [0.4, 0.5) is 5.69 Å². The summed E-state index contributed by atoms with van der Waals surface area (Å²) in [6.45, 7) is 0.713. The Labute approximate surface area is 107 Å². The van der Waals surface area contributed by atoms with Gasteiger partial charge in [0.1, 0.15) is 0 Å². The molecule has 0 spiro atoms. The molecule has 0 atom stereocenters. The number of hydrogen-bond acceptors (Lipinski definition) is 4. The second-order valence-electron chi connectivity index (χ2n) is 5.03. The number of amides is 1. The van der Waals surface area contributed by atoms with E-state index in [9.17, 15) is 9.90 Å². The Bertz CT molecular complexity index is 413. The molecular formula is C13H19N3O2. The highest BCUT2D eigenvalue weighted by molar-refractivity contribution is 5.78. The van der Waals surface area contributed by atoms with Crippen molar-refractivity contribution in [2.75, 3.05) is 19.3 Å². The summed E-state index contributed by atoms with van der Waals surface area (Å²) in [4.78, 5) is 17.8. The normalized spacial score (nSPS) is 22.3. The van der Waals surface area contributed by atoms with Crippen LogP contribution in [0.5, 0.6) is 0 Å². The lowest BCUT2D eigenvalue weighted by molar-refractivity contribution is -0.130. The first-order valence-corrected chi connectivity index (χ1v) is 6.17. The van der Waals surface area contributed by atoms with Crippen LogP contribution < -0.4 is 5.73 Å². The molecule has 1 aromatic rings. The quantitative estimate of drug-likeness (QED) is 0.811. The van der Waals surface area contributed by atoms with Crippen LogP contribution in [0.25, 0.3) is 0 Å². The van der Waals surface area contributed by atoms with E-state index in [0.29, 0.717) is 24.6 Å². The van der Waals surface area contributed by atoms with E-state index in [1.807, 2.05) is 0 Å². The Morgan fingerprint density at radius 3 is 2.83 bits per heavy atom. The summed E-state index contributed by atoms with van der Waals surface area (Å²) in [6, 6.07) is 3.52. The second kappa shape index (κ2) is 5.35. The fraction of sp³-hybridized carbons (Fsp3) is 0.538. The first kappa shape index (κ1) is 12.8. The van der Waals surface area contributed by atoms with Crippen LogP contribution in [0.15, 0.2) is 18.3 Å². The van der Waals surface area contributed by atoms with E-state index < -0.39 is 0 Å². The Morgan fingerprint density at radius 1 is 1.56 bits per heavy atom. The molecule has 0 aliphatic heterocycles. The Balaban J connectivity index is 1.81. The van der Waals surface area contributed by atoms with Gasteiger partial charge in [-0.3, -0.25) is 9.78 Å². The van der Waals surface area contributed by atoms with Crippen molar-refractivity contribution < 1.29 is 9.90 Å². The van der Waals surface area contributed by atoms with Gasteiger partial charge in [0.05, 0.1) is 24.4 Å². The molecule has 98 valence electrons. The van der Waals surface area contributed by atoms with Crippen molar-refractivity contribution >= 4 is 11.6 Å². The zero-order chi connectivity index (χ0) is 13.1. The van der Waals surface area contributed by atoms with E-state index in [4.69, 9.17) is 5.73 Å². The molecule has 5 nitrogen and oxygen atoms in total. The molecule has 0 unspecified atom stereocenters. The first-order chi connectivity index (χ1) is 8.54. The number of carbonyl (C=O) groups excluding carboxylic acids is 1. The van der Waals surface area contributed by atoms with Gasteiger partial charge in [0.2, 0.25) is 5.91 Å². The minimum atomic E-state index is -0.169. The number of carbonyl (C=O) groups is 1. The van der Waals surface area contributed by atoms with Crippen LogP contribution in [-0.4, -0.2) is 40.6 Å². The molecule has 1 aliphatic rings. The van der Waals surface area contributed by atoms with Crippen LogP contribution in [0.1, 0.15) is 18.5 Å². The van der Waals surface area contributed by atoms with E-state index in [0.717, 1.165) is 18.5 Å². The fourth-order valence-corrected chi connectivity index (χ4v) is 2.17. The van der Waals surface area contributed by atoms with Gasteiger partial charge in [0.25, 0.3) is 0 Å². The standard InChI is InChI=1S/C13H19N3O2/c1-16(8-9-4-12(17)5-9)13(18)6-11-3-2-10(14)7-15-11/h2-3,7,9,12,17H,4-6,8,14H2,1H3. The molecule has 0 radical (unpaired) electrons. The SMILES string of the molecule is CN(CC1CC(O)C1)C(=O)Cc1ccc(N)cn1. The number of anilines is 1. The molecule has 0 saturated heterocycles. The number of aliphatic hydroxyl groups excluding tert-OH is 1. The lowest BCUT2D eigenvalue weighted by Gasteiger charge is -2.34. The lowest BCUT2D eigenvalue weighted by Crippen LogP contribution is -2.40. The largest absolute Gasteiger partial charge is 0.397 e. The molecule has 0 aromatic carbocycles. The molecule has 1 aromatic heterocycles. The van der Waals surface area contributed by atoms with Gasteiger partial charge < -0.3 is 15.7 Å². The van der Waals surface area contributed by atoms with Gasteiger partial charge in [-0.25, -0.2) is 0 Å². The number of hydrogen-bond donors (Lipinski definition) is 2. The van der Waals surface area contributed by atoms with Gasteiger partial charge in [0.15, 0.2) is 0 Å². The van der Waals surface area contributed by atoms with E-state index >= 15 is 0 Å². The summed E-state index contributed by atoms with van der Waals surface area (Å²) < 4.78 is 0. The van der Waals surface area contributed by atoms with Gasteiger partial charge in [-0.2, -0.15) is 0 Å². The summed E-state index contributed by atoms with van der Waals surface area (Å²) >= 11 is 0. The zero-order valence-electron chi connectivity index (χ0n) is 10.5. The second-order valence-corrected chi connectivity index (χ2v) is 5.03. The van der Waals surface area contributed by atoms with Crippen molar-refractivity contribution in [1.82, 2.24) is 9.88 Å². The van der Waals surface area contributed by atoms with E-state index in [2.05, 4.69) is 4.98 Å². The lowest BCUT2D eigenvalue weighted by atomic mass is 9.82. The highest BCUT2D eigenvalue weighted by atomic mass is 16.3. The predicted molar refractivity (Wildman–Crippen MR) is 68.7 cm³/mol. The predicted octanol–water partition coefficient (Wildman–Crippen LogP) is 0.436. The number of aromatic nitrogens is 1. The number of pyridine rings is 1. The minimum Gasteiger partial charge on any atom is -0.397 e. The molecule has 18 heavy (non-hydrogen) atoms. The number of nitrogens with zero attached hydrogens (tertiary/aromatic N) is 2. The Hall–Kier alpha value is -1.62. The van der Waals surface area contributed by atoms with Gasteiger partial charge in [0, 0.05) is 19.3 Å². The van der Waals surface area contributed by atoms with Gasteiger partial charge in [-0.1, -0.05) is 0 Å². The maximum atomic E-state index is 11.9. The maximum absolute atomic E-state index is 11.9. The fourth-order valence-electron chi connectivity index (χ4n) is 2.17. The molecule has 1 amide bonds. The summed E-state index contributed by atoms with van der Waals surface area (Å²) in [5.74, 6) is 0.488. The first-order valence-electron chi connectivity index (χ1n) is 6.17. The van der Waals surface area contributed by atoms with Gasteiger partial charge in [-0.15, -0.1) is 0 Å². The van der Waals surface area contributed by atoms with Crippen molar-refractivity contribution in [2.45, 2.75) is 25.4 Å². The van der Waals surface area contributed by atoms with Crippen LogP contribution >= 0.6 is 0 Å². The van der Waals surface area contributed by atoms with Crippen molar-refractivity contribution in [3.63, 3.8) is 0 Å². The molecule has 3 N–H and O–H groups in total. The summed E-state index contributed by atoms with van der Waals surface area (Å²) in [5.41, 5.74) is 6.87. The molecule has 1 heterocycles. The minimum absolute atomic E-state index is 0.0497. The summed E-state index contributed by atoms with van der Waals surface area (Å²) in [5, 5.41) is 9.21. The molecule has 5 heteroatoms. The average molecular weight is 249 g/mol. The third-order valence-electron chi connectivity index (χ3n) is 3.35. The Morgan fingerprint density at radius 2 is 2.28 bits per heavy atom. The number of rotatable bonds is 4. The summed E-state index contributed by atoms with van der Waals surface area (Å²) in [6.07, 6.45) is 3.30. The van der Waals surface area contributed by atoms with Crippen LogP contribution in [0.2, 0.25) is 0 Å². The smallest absolute Gasteiger partial charge is 0.228 e. The number of nitrogen functional groups attached to an aromatic ring is 1. The third kappa shape index (κ3) is 3.20. The molecule has 0 bridgehead atoms. The molecular weight excluding hydrogens is 230 g/mol. The van der Waals surface area contributed by atoms with Crippen LogP contribution in [-0.2, 0) is 11.2 Å². The number of nitrogens with two attached hydrogens (primary N) is 1. The van der Waals surface area contributed by atoms with Crippen molar-refractivity contribution in [2.24, 2.45) is 5.92 Å². The monoisotopic (exact) mass is 249 g/mol.